The van der Waals surface area contributed by atoms with Crippen molar-refractivity contribution in [2.45, 2.75) is 68.9 Å². The van der Waals surface area contributed by atoms with Crippen LogP contribution in [0.2, 0.25) is 0 Å². The van der Waals surface area contributed by atoms with Crippen LogP contribution in [-0.4, -0.2) is 63.6 Å². The molecule has 0 N–H and O–H groups in total. The van der Waals surface area contributed by atoms with Gasteiger partial charge in [0.2, 0.25) is 10.0 Å². The standard InChI is InChI=1S/C21H34F2N2O3S/c1-4-13-24(2)14-5-6-15-28-19-10-8-18(9-11-19)25(3)29(26,27)21-12-7-17(22)16-20(21)23/h7,12,16,18-19H,4-6,8-11,13-15H2,1-3H3. The largest absolute Gasteiger partial charge is 0.378 e. The summed E-state index contributed by atoms with van der Waals surface area (Å²) in [5, 5.41) is 0. The Balaban J connectivity index is 1.77. The highest BCUT2D eigenvalue weighted by Crippen LogP contribution is 2.29. The third-order valence-corrected chi connectivity index (χ3v) is 7.55. The van der Waals surface area contributed by atoms with Crippen molar-refractivity contribution < 1.29 is 21.9 Å². The van der Waals surface area contributed by atoms with E-state index in [0.717, 1.165) is 63.9 Å². The first-order chi connectivity index (χ1) is 13.8. The summed E-state index contributed by atoms with van der Waals surface area (Å²) in [7, 11) is -0.393. The van der Waals surface area contributed by atoms with Crippen LogP contribution in [0.5, 0.6) is 0 Å². The number of unbranched alkanes of at least 4 members (excludes halogenated alkanes) is 1. The predicted molar refractivity (Wildman–Crippen MR) is 110 cm³/mol. The van der Waals surface area contributed by atoms with Gasteiger partial charge >= 0.3 is 0 Å². The van der Waals surface area contributed by atoms with E-state index in [4.69, 9.17) is 4.74 Å². The van der Waals surface area contributed by atoms with Gasteiger partial charge in [0, 0.05) is 25.8 Å². The van der Waals surface area contributed by atoms with Gasteiger partial charge in [0.25, 0.3) is 0 Å². The second-order valence-corrected chi connectivity index (χ2v) is 9.87. The first-order valence-corrected chi connectivity index (χ1v) is 11.9. The van der Waals surface area contributed by atoms with Crippen molar-refractivity contribution in [3.63, 3.8) is 0 Å². The number of sulfonamides is 1. The van der Waals surface area contributed by atoms with Gasteiger partial charge in [-0.2, -0.15) is 4.31 Å². The maximum absolute atomic E-state index is 14.0. The number of benzene rings is 1. The maximum Gasteiger partial charge on any atom is 0.245 e. The summed E-state index contributed by atoms with van der Waals surface area (Å²) in [5.41, 5.74) is 0. The lowest BCUT2D eigenvalue weighted by molar-refractivity contribution is 0.0152. The Kier molecular flexibility index (Phi) is 9.46. The van der Waals surface area contributed by atoms with E-state index in [1.165, 1.54) is 11.4 Å². The number of halogens is 2. The summed E-state index contributed by atoms with van der Waals surface area (Å²) in [4.78, 5) is 1.85. The summed E-state index contributed by atoms with van der Waals surface area (Å²) >= 11 is 0. The highest BCUT2D eigenvalue weighted by Gasteiger charge is 2.33. The van der Waals surface area contributed by atoms with Gasteiger partial charge < -0.3 is 9.64 Å². The SMILES string of the molecule is CCCN(C)CCCCOC1CCC(N(C)S(=O)(=O)c2ccc(F)cc2F)CC1. The molecule has 0 radical (unpaired) electrons. The average molecular weight is 433 g/mol. The summed E-state index contributed by atoms with van der Waals surface area (Å²) in [5.74, 6) is -1.85. The maximum atomic E-state index is 14.0. The molecule has 1 aromatic carbocycles. The molecule has 0 unspecified atom stereocenters. The third kappa shape index (κ3) is 6.98. The Hall–Kier alpha value is -1.09. The van der Waals surface area contributed by atoms with Crippen LogP contribution in [0, 0.1) is 11.6 Å². The lowest BCUT2D eigenvalue weighted by Crippen LogP contribution is -2.41. The Labute approximate surface area is 174 Å². The van der Waals surface area contributed by atoms with E-state index >= 15 is 0 Å². The van der Waals surface area contributed by atoms with Crippen LogP contribution in [0.3, 0.4) is 0 Å². The van der Waals surface area contributed by atoms with Gasteiger partial charge in [-0.1, -0.05) is 6.92 Å². The molecule has 8 heteroatoms. The first-order valence-electron chi connectivity index (χ1n) is 10.5. The normalized spacial score (nSPS) is 20.5. The molecule has 166 valence electrons. The molecule has 0 aromatic heterocycles. The lowest BCUT2D eigenvalue weighted by atomic mass is 9.93. The minimum Gasteiger partial charge on any atom is -0.378 e. The van der Waals surface area contributed by atoms with Crippen molar-refractivity contribution in [3.05, 3.63) is 29.8 Å². The van der Waals surface area contributed by atoms with Gasteiger partial charge in [-0.3, -0.25) is 0 Å². The van der Waals surface area contributed by atoms with Gasteiger partial charge in [-0.25, -0.2) is 17.2 Å². The molecule has 5 nitrogen and oxygen atoms in total. The number of hydrogen-bond donors (Lipinski definition) is 0. The van der Waals surface area contributed by atoms with Gasteiger partial charge in [0.15, 0.2) is 0 Å². The molecular formula is C21H34F2N2O3S. The molecule has 1 aromatic rings. The molecule has 0 atom stereocenters. The number of hydrogen-bond acceptors (Lipinski definition) is 4. The van der Waals surface area contributed by atoms with Crippen LogP contribution < -0.4 is 0 Å². The van der Waals surface area contributed by atoms with E-state index in [2.05, 4.69) is 18.9 Å². The summed E-state index contributed by atoms with van der Waals surface area (Å²) in [6, 6.07) is 2.36. The molecule has 1 saturated carbocycles. The van der Waals surface area contributed by atoms with E-state index < -0.39 is 26.6 Å². The number of rotatable bonds is 11. The molecule has 1 fully saturated rings. The second kappa shape index (κ2) is 11.3. The van der Waals surface area contributed by atoms with Gasteiger partial charge in [-0.05, 0) is 77.2 Å². The zero-order chi connectivity index (χ0) is 21.4. The zero-order valence-electron chi connectivity index (χ0n) is 17.7. The van der Waals surface area contributed by atoms with Gasteiger partial charge in [0.1, 0.15) is 16.5 Å². The molecular weight excluding hydrogens is 398 g/mol. The van der Waals surface area contributed by atoms with Crippen molar-refractivity contribution >= 4 is 10.0 Å². The molecule has 0 spiro atoms. The second-order valence-electron chi connectivity index (χ2n) is 7.91. The van der Waals surface area contributed by atoms with Crippen molar-refractivity contribution in [2.24, 2.45) is 0 Å². The van der Waals surface area contributed by atoms with Crippen LogP contribution in [0.4, 0.5) is 8.78 Å². The molecule has 0 saturated heterocycles. The topological polar surface area (TPSA) is 49.9 Å². The Morgan fingerprint density at radius 3 is 2.38 bits per heavy atom. The predicted octanol–water partition coefficient (Wildman–Crippen LogP) is 4.04. The Morgan fingerprint density at radius 2 is 1.76 bits per heavy atom. The minimum atomic E-state index is -3.99. The van der Waals surface area contributed by atoms with E-state index in [-0.39, 0.29) is 12.1 Å². The zero-order valence-corrected chi connectivity index (χ0v) is 18.6. The van der Waals surface area contributed by atoms with Crippen LogP contribution in [0.15, 0.2) is 23.1 Å². The van der Waals surface area contributed by atoms with Crippen molar-refractivity contribution in [2.75, 3.05) is 33.8 Å². The Bertz CT molecular complexity index is 737. The fourth-order valence-corrected chi connectivity index (χ4v) is 5.30. The fourth-order valence-electron chi connectivity index (χ4n) is 3.84. The fraction of sp³-hybridized carbons (Fsp3) is 0.714. The highest BCUT2D eigenvalue weighted by molar-refractivity contribution is 7.89. The van der Waals surface area contributed by atoms with Crippen molar-refractivity contribution in [1.29, 1.82) is 0 Å². The third-order valence-electron chi connectivity index (χ3n) is 5.60. The highest BCUT2D eigenvalue weighted by atomic mass is 32.2. The molecule has 0 aliphatic heterocycles. The van der Waals surface area contributed by atoms with E-state index in [9.17, 15) is 17.2 Å². The molecule has 2 rings (SSSR count). The van der Waals surface area contributed by atoms with Gasteiger partial charge in [-0.15, -0.1) is 0 Å². The van der Waals surface area contributed by atoms with Crippen LogP contribution in [0.1, 0.15) is 51.9 Å². The Morgan fingerprint density at radius 1 is 1.07 bits per heavy atom. The monoisotopic (exact) mass is 432 g/mol. The molecule has 0 heterocycles. The number of nitrogens with zero attached hydrogens (tertiary/aromatic N) is 2. The van der Waals surface area contributed by atoms with E-state index in [0.29, 0.717) is 18.9 Å². The summed E-state index contributed by atoms with van der Waals surface area (Å²) in [6.07, 6.45) is 6.35. The smallest absolute Gasteiger partial charge is 0.245 e. The van der Waals surface area contributed by atoms with Crippen LogP contribution in [-0.2, 0) is 14.8 Å². The van der Waals surface area contributed by atoms with Gasteiger partial charge in [0.05, 0.1) is 6.10 Å². The molecule has 0 amide bonds. The van der Waals surface area contributed by atoms with Crippen molar-refractivity contribution in [3.8, 4) is 0 Å². The lowest BCUT2D eigenvalue weighted by Gasteiger charge is -2.34. The minimum absolute atomic E-state index is 0.151. The first kappa shape index (κ1) is 24.2. The molecule has 1 aliphatic rings. The number of ether oxygens (including phenoxy) is 1. The molecule has 1 aliphatic carbocycles. The van der Waals surface area contributed by atoms with E-state index in [1.807, 2.05) is 0 Å². The quantitative estimate of drug-likeness (QED) is 0.495. The molecule has 29 heavy (non-hydrogen) atoms. The van der Waals surface area contributed by atoms with Crippen molar-refractivity contribution in [1.82, 2.24) is 9.21 Å². The van der Waals surface area contributed by atoms with Crippen LogP contribution in [0.25, 0.3) is 0 Å². The van der Waals surface area contributed by atoms with Crippen LogP contribution >= 0.6 is 0 Å². The van der Waals surface area contributed by atoms with E-state index in [1.54, 1.807) is 0 Å². The molecule has 0 bridgehead atoms. The summed E-state index contributed by atoms with van der Waals surface area (Å²) < 4.78 is 59.7. The average Bonchev–Trinajstić information content (AvgIpc) is 2.67. The summed E-state index contributed by atoms with van der Waals surface area (Å²) in [6.45, 7) is 5.09.